The zero-order valence-electron chi connectivity index (χ0n) is 13.8. The molecule has 3 heteroatoms. The van der Waals surface area contributed by atoms with Gasteiger partial charge in [0, 0.05) is 38.8 Å². The van der Waals surface area contributed by atoms with Crippen LogP contribution in [0, 0.1) is 11.8 Å². The Balaban J connectivity index is 1.43. The summed E-state index contributed by atoms with van der Waals surface area (Å²) in [5.74, 6) is 1.39. The number of hydrogen-bond acceptors (Lipinski definition) is 3. The molecule has 2 saturated carbocycles. The molecule has 0 amide bonds. The highest BCUT2D eigenvalue weighted by atomic mass is 16.3. The summed E-state index contributed by atoms with van der Waals surface area (Å²) in [6.45, 7) is 8.39. The first-order valence-corrected chi connectivity index (χ1v) is 9.40. The lowest BCUT2D eigenvalue weighted by Gasteiger charge is -2.41. The van der Waals surface area contributed by atoms with Crippen LogP contribution >= 0.6 is 0 Å². The number of nitrogens with zero attached hydrogens (tertiary/aromatic N) is 2. The zero-order valence-corrected chi connectivity index (χ0v) is 13.8. The van der Waals surface area contributed by atoms with Gasteiger partial charge in [-0.2, -0.15) is 0 Å². The summed E-state index contributed by atoms with van der Waals surface area (Å²) in [6, 6.07) is 0.886. The van der Waals surface area contributed by atoms with Gasteiger partial charge < -0.3 is 10.0 Å². The maximum absolute atomic E-state index is 10.3. The quantitative estimate of drug-likeness (QED) is 0.863. The third-order valence-corrected chi connectivity index (χ3v) is 6.37. The molecule has 1 heterocycles. The minimum absolute atomic E-state index is 0.0411. The number of aliphatic hydroxyl groups excluding tert-OH is 1. The molecule has 0 bridgehead atoms. The molecule has 3 atom stereocenters. The first-order chi connectivity index (χ1) is 10.3. The van der Waals surface area contributed by atoms with Gasteiger partial charge in [-0.25, -0.2) is 0 Å². The molecule has 3 nitrogen and oxygen atoms in total. The summed E-state index contributed by atoms with van der Waals surface area (Å²) in [4.78, 5) is 5.35. The fraction of sp³-hybridized carbons (Fsp3) is 1.00. The van der Waals surface area contributed by atoms with Gasteiger partial charge in [0.15, 0.2) is 0 Å². The largest absolute Gasteiger partial charge is 0.393 e. The normalized spacial score (nSPS) is 37.1. The molecule has 1 saturated heterocycles. The Bertz CT molecular complexity index is 308. The number of aliphatic hydroxyl groups is 1. The van der Waals surface area contributed by atoms with Crippen molar-refractivity contribution in [2.24, 2.45) is 11.8 Å². The van der Waals surface area contributed by atoms with Crippen molar-refractivity contribution in [3.05, 3.63) is 0 Å². The Morgan fingerprint density at radius 3 is 2.33 bits per heavy atom. The lowest BCUT2D eigenvalue weighted by molar-refractivity contribution is 0.0121. The number of piperazine rings is 1. The second kappa shape index (κ2) is 7.43. The topological polar surface area (TPSA) is 26.7 Å². The first-order valence-electron chi connectivity index (χ1n) is 9.40. The molecule has 2 aliphatic carbocycles. The summed E-state index contributed by atoms with van der Waals surface area (Å²) in [5.41, 5.74) is 0. The predicted molar refractivity (Wildman–Crippen MR) is 87.4 cm³/mol. The average molecular weight is 294 g/mol. The van der Waals surface area contributed by atoms with Crippen LogP contribution in [-0.4, -0.2) is 59.8 Å². The van der Waals surface area contributed by atoms with Gasteiger partial charge in [-0.3, -0.25) is 4.90 Å². The Labute approximate surface area is 130 Å². The van der Waals surface area contributed by atoms with E-state index in [0.717, 1.165) is 24.9 Å². The molecular formula is C18H34N2O. The van der Waals surface area contributed by atoms with Gasteiger partial charge in [-0.1, -0.05) is 26.2 Å². The maximum Gasteiger partial charge on any atom is 0.0580 e. The maximum atomic E-state index is 10.3. The SMILES string of the molecule is CCC1CCC(O)C(CN2CCN(C3CCCC3)CC2)C1. The van der Waals surface area contributed by atoms with Crippen molar-refractivity contribution >= 4 is 0 Å². The molecule has 3 fully saturated rings. The highest BCUT2D eigenvalue weighted by Crippen LogP contribution is 2.32. The van der Waals surface area contributed by atoms with Gasteiger partial charge in [0.2, 0.25) is 0 Å². The molecule has 21 heavy (non-hydrogen) atoms. The molecule has 1 aliphatic heterocycles. The summed E-state index contributed by atoms with van der Waals surface area (Å²) in [7, 11) is 0. The van der Waals surface area contributed by atoms with Crippen LogP contribution in [0.3, 0.4) is 0 Å². The minimum Gasteiger partial charge on any atom is -0.393 e. The molecule has 0 aromatic carbocycles. The van der Waals surface area contributed by atoms with Crippen molar-refractivity contribution in [1.29, 1.82) is 0 Å². The third kappa shape index (κ3) is 4.00. The van der Waals surface area contributed by atoms with E-state index in [1.165, 1.54) is 71.1 Å². The van der Waals surface area contributed by atoms with E-state index in [4.69, 9.17) is 0 Å². The monoisotopic (exact) mass is 294 g/mol. The summed E-state index contributed by atoms with van der Waals surface area (Å²) in [6.07, 6.45) is 10.5. The molecule has 122 valence electrons. The average Bonchev–Trinajstić information content (AvgIpc) is 3.04. The van der Waals surface area contributed by atoms with Crippen molar-refractivity contribution in [3.63, 3.8) is 0 Å². The van der Waals surface area contributed by atoms with Crippen LogP contribution in [-0.2, 0) is 0 Å². The van der Waals surface area contributed by atoms with Crippen molar-refractivity contribution in [1.82, 2.24) is 9.80 Å². The molecule has 3 aliphatic rings. The molecule has 0 spiro atoms. The van der Waals surface area contributed by atoms with Crippen molar-refractivity contribution in [2.45, 2.75) is 70.4 Å². The van der Waals surface area contributed by atoms with Crippen LogP contribution in [0.2, 0.25) is 0 Å². The van der Waals surface area contributed by atoms with Crippen LogP contribution < -0.4 is 0 Å². The van der Waals surface area contributed by atoms with E-state index in [2.05, 4.69) is 16.7 Å². The van der Waals surface area contributed by atoms with Gasteiger partial charge in [0.05, 0.1) is 6.10 Å². The minimum atomic E-state index is -0.0411. The second-order valence-corrected chi connectivity index (χ2v) is 7.69. The number of hydrogen-bond donors (Lipinski definition) is 1. The second-order valence-electron chi connectivity index (χ2n) is 7.69. The van der Waals surface area contributed by atoms with Gasteiger partial charge >= 0.3 is 0 Å². The molecule has 3 rings (SSSR count). The fourth-order valence-corrected chi connectivity index (χ4v) is 4.82. The van der Waals surface area contributed by atoms with Crippen LogP contribution in [0.15, 0.2) is 0 Å². The van der Waals surface area contributed by atoms with E-state index in [-0.39, 0.29) is 6.10 Å². The Morgan fingerprint density at radius 1 is 0.952 bits per heavy atom. The van der Waals surface area contributed by atoms with Crippen LogP contribution in [0.4, 0.5) is 0 Å². The van der Waals surface area contributed by atoms with E-state index in [1.54, 1.807) is 0 Å². The lowest BCUT2D eigenvalue weighted by Crippen LogP contribution is -2.51. The van der Waals surface area contributed by atoms with Crippen molar-refractivity contribution < 1.29 is 5.11 Å². The first kappa shape index (κ1) is 15.8. The third-order valence-electron chi connectivity index (χ3n) is 6.37. The summed E-state index contributed by atoms with van der Waals surface area (Å²) < 4.78 is 0. The smallest absolute Gasteiger partial charge is 0.0580 e. The zero-order chi connectivity index (χ0) is 14.7. The van der Waals surface area contributed by atoms with E-state index >= 15 is 0 Å². The fourth-order valence-electron chi connectivity index (χ4n) is 4.82. The molecular weight excluding hydrogens is 260 g/mol. The molecule has 1 N–H and O–H groups in total. The molecule has 0 aromatic heterocycles. The highest BCUT2D eigenvalue weighted by molar-refractivity contribution is 4.85. The standard InChI is InChI=1S/C18H34N2O/c1-2-15-7-8-18(21)16(13-15)14-19-9-11-20(12-10-19)17-5-3-4-6-17/h15-18,21H,2-14H2,1H3. The van der Waals surface area contributed by atoms with E-state index in [9.17, 15) is 5.11 Å². The summed E-state index contributed by atoms with van der Waals surface area (Å²) >= 11 is 0. The van der Waals surface area contributed by atoms with Crippen molar-refractivity contribution in [2.75, 3.05) is 32.7 Å². The predicted octanol–water partition coefficient (Wildman–Crippen LogP) is 2.73. The van der Waals surface area contributed by atoms with Crippen LogP contribution in [0.5, 0.6) is 0 Å². The number of rotatable bonds is 4. The molecule has 0 aromatic rings. The lowest BCUT2D eigenvalue weighted by atomic mass is 9.78. The van der Waals surface area contributed by atoms with Gasteiger partial charge in [0.1, 0.15) is 0 Å². The van der Waals surface area contributed by atoms with Crippen LogP contribution in [0.1, 0.15) is 58.3 Å². The Hall–Kier alpha value is -0.120. The van der Waals surface area contributed by atoms with Crippen LogP contribution in [0.25, 0.3) is 0 Å². The Morgan fingerprint density at radius 2 is 1.67 bits per heavy atom. The van der Waals surface area contributed by atoms with E-state index in [0.29, 0.717) is 5.92 Å². The van der Waals surface area contributed by atoms with Gasteiger partial charge in [-0.05, 0) is 43.9 Å². The molecule has 3 unspecified atom stereocenters. The van der Waals surface area contributed by atoms with Crippen molar-refractivity contribution in [3.8, 4) is 0 Å². The highest BCUT2D eigenvalue weighted by Gasteiger charge is 2.31. The van der Waals surface area contributed by atoms with E-state index < -0.39 is 0 Å². The van der Waals surface area contributed by atoms with E-state index in [1.807, 2.05) is 0 Å². The van der Waals surface area contributed by atoms with Gasteiger partial charge in [-0.15, -0.1) is 0 Å². The molecule has 0 radical (unpaired) electrons. The Kier molecular flexibility index (Phi) is 5.58. The van der Waals surface area contributed by atoms with Gasteiger partial charge in [0.25, 0.3) is 0 Å². The summed E-state index contributed by atoms with van der Waals surface area (Å²) in [5, 5.41) is 10.3.